The first-order valence-corrected chi connectivity index (χ1v) is 9.34. The summed E-state index contributed by atoms with van der Waals surface area (Å²) < 4.78 is 5.95. The van der Waals surface area contributed by atoms with Crippen LogP contribution in [0.4, 0.5) is 0 Å². The van der Waals surface area contributed by atoms with Crippen LogP contribution in [-0.4, -0.2) is 46.3 Å². The lowest BCUT2D eigenvalue weighted by Gasteiger charge is -2.26. The lowest BCUT2D eigenvalue weighted by molar-refractivity contribution is -0.153. The Hall–Kier alpha value is -2.90. The van der Waals surface area contributed by atoms with Crippen LogP contribution in [-0.2, 0) is 20.9 Å². The number of benzene rings is 1. The third kappa shape index (κ3) is 5.55. The standard InChI is InChI=1S/C20H27N3O5/c1-13(2)9-22(10-14(3)4)17(24)12-28-18(25)11-23-20(27)16-8-6-5-7-15(16)19(26)21-23/h5-8,13-14H,9-12H2,1-4H3,(H,21,26). The summed E-state index contributed by atoms with van der Waals surface area (Å²) in [5.74, 6) is -0.468. The molecule has 1 aromatic heterocycles. The molecule has 2 rings (SSSR count). The Kier molecular flexibility index (Phi) is 7.14. The molecule has 1 N–H and O–H groups in total. The Balaban J connectivity index is 2.05. The minimum atomic E-state index is -0.768. The summed E-state index contributed by atoms with van der Waals surface area (Å²) in [7, 11) is 0. The summed E-state index contributed by atoms with van der Waals surface area (Å²) in [5, 5.41) is 2.84. The van der Waals surface area contributed by atoms with E-state index in [2.05, 4.69) is 5.10 Å². The highest BCUT2D eigenvalue weighted by atomic mass is 16.5. The van der Waals surface area contributed by atoms with Crippen LogP contribution in [0.15, 0.2) is 33.9 Å². The highest BCUT2D eigenvalue weighted by molar-refractivity contribution is 5.82. The molecule has 0 aliphatic rings. The molecule has 1 heterocycles. The van der Waals surface area contributed by atoms with E-state index in [0.29, 0.717) is 24.9 Å². The molecule has 1 aromatic carbocycles. The molecule has 0 aliphatic carbocycles. The van der Waals surface area contributed by atoms with Crippen molar-refractivity contribution in [1.29, 1.82) is 0 Å². The second kappa shape index (κ2) is 9.34. The number of carbonyl (C=O) groups excluding carboxylic acids is 2. The normalized spacial score (nSPS) is 11.2. The zero-order valence-electron chi connectivity index (χ0n) is 16.7. The van der Waals surface area contributed by atoms with Gasteiger partial charge in [0.25, 0.3) is 17.0 Å². The van der Waals surface area contributed by atoms with Crippen molar-refractivity contribution in [3.63, 3.8) is 0 Å². The fourth-order valence-corrected chi connectivity index (χ4v) is 2.93. The molecule has 0 aliphatic heterocycles. The fourth-order valence-electron chi connectivity index (χ4n) is 2.93. The first-order chi connectivity index (χ1) is 13.2. The number of nitrogens with one attached hydrogen (secondary N) is 1. The number of ether oxygens (including phenoxy) is 1. The number of rotatable bonds is 8. The SMILES string of the molecule is CC(C)CN(CC(C)C)C(=O)COC(=O)Cn1[nH]c(=O)c2ccccc2c1=O. The monoisotopic (exact) mass is 389 g/mol. The van der Waals surface area contributed by atoms with Gasteiger partial charge in [-0.3, -0.25) is 24.3 Å². The molecule has 0 spiro atoms. The lowest BCUT2D eigenvalue weighted by Crippen LogP contribution is -2.40. The van der Waals surface area contributed by atoms with E-state index in [1.54, 1.807) is 17.0 Å². The van der Waals surface area contributed by atoms with Crippen molar-refractivity contribution >= 4 is 22.6 Å². The molecule has 0 atom stereocenters. The first kappa shape index (κ1) is 21.4. The molecule has 152 valence electrons. The molecule has 0 bridgehead atoms. The van der Waals surface area contributed by atoms with Crippen molar-refractivity contribution < 1.29 is 14.3 Å². The fraction of sp³-hybridized carbons (Fsp3) is 0.500. The number of carbonyl (C=O) groups is 2. The maximum absolute atomic E-state index is 12.4. The number of nitrogens with zero attached hydrogens (tertiary/aromatic N) is 2. The van der Waals surface area contributed by atoms with E-state index < -0.39 is 30.2 Å². The molecule has 0 fully saturated rings. The molecule has 0 radical (unpaired) electrons. The average molecular weight is 389 g/mol. The van der Waals surface area contributed by atoms with E-state index in [9.17, 15) is 19.2 Å². The van der Waals surface area contributed by atoms with E-state index in [-0.39, 0.29) is 16.7 Å². The van der Waals surface area contributed by atoms with Crippen LogP contribution in [0.1, 0.15) is 27.7 Å². The van der Waals surface area contributed by atoms with Crippen LogP contribution in [0.2, 0.25) is 0 Å². The van der Waals surface area contributed by atoms with E-state index in [4.69, 9.17) is 4.74 Å². The number of hydrogen-bond acceptors (Lipinski definition) is 5. The maximum atomic E-state index is 12.4. The van der Waals surface area contributed by atoms with Gasteiger partial charge in [0, 0.05) is 13.1 Å². The summed E-state index contributed by atoms with van der Waals surface area (Å²) in [6.45, 7) is 8.32. The van der Waals surface area contributed by atoms with E-state index in [0.717, 1.165) is 4.68 Å². The predicted octanol–water partition coefficient (Wildman–Crippen LogP) is 1.37. The summed E-state index contributed by atoms with van der Waals surface area (Å²) in [6.07, 6.45) is 0. The topological polar surface area (TPSA) is 101 Å². The van der Waals surface area contributed by atoms with Gasteiger partial charge in [-0.05, 0) is 24.0 Å². The molecule has 8 heteroatoms. The van der Waals surface area contributed by atoms with E-state index in [1.807, 2.05) is 27.7 Å². The van der Waals surface area contributed by atoms with E-state index >= 15 is 0 Å². The predicted molar refractivity (Wildman–Crippen MR) is 106 cm³/mol. The second-order valence-corrected chi connectivity index (χ2v) is 7.62. The highest BCUT2D eigenvalue weighted by Crippen LogP contribution is 2.05. The van der Waals surface area contributed by atoms with Gasteiger partial charge >= 0.3 is 5.97 Å². The van der Waals surface area contributed by atoms with Gasteiger partial charge in [0.05, 0.1) is 10.8 Å². The number of aromatic nitrogens is 2. The van der Waals surface area contributed by atoms with Crippen LogP contribution in [0, 0.1) is 11.8 Å². The Morgan fingerprint density at radius 1 is 1.04 bits per heavy atom. The average Bonchev–Trinajstić information content (AvgIpc) is 2.62. The van der Waals surface area contributed by atoms with Gasteiger partial charge in [0.15, 0.2) is 6.61 Å². The van der Waals surface area contributed by atoms with Crippen LogP contribution in [0.3, 0.4) is 0 Å². The zero-order chi connectivity index (χ0) is 20.8. The molecule has 8 nitrogen and oxygen atoms in total. The molecular formula is C20H27N3O5. The summed E-state index contributed by atoms with van der Waals surface area (Å²) >= 11 is 0. The number of H-pyrrole nitrogens is 1. The van der Waals surface area contributed by atoms with Crippen LogP contribution >= 0.6 is 0 Å². The van der Waals surface area contributed by atoms with Crippen molar-refractivity contribution in [2.24, 2.45) is 11.8 Å². The molecular weight excluding hydrogens is 362 g/mol. The third-order valence-corrected chi connectivity index (χ3v) is 4.05. The number of fused-ring (bicyclic) bond motifs is 1. The minimum Gasteiger partial charge on any atom is -0.454 e. The largest absolute Gasteiger partial charge is 0.454 e. The van der Waals surface area contributed by atoms with Gasteiger partial charge in [0.2, 0.25) is 0 Å². The van der Waals surface area contributed by atoms with Crippen molar-refractivity contribution in [3.05, 3.63) is 45.0 Å². The van der Waals surface area contributed by atoms with E-state index in [1.165, 1.54) is 12.1 Å². The van der Waals surface area contributed by atoms with Crippen molar-refractivity contribution in [3.8, 4) is 0 Å². The number of amides is 1. The molecule has 28 heavy (non-hydrogen) atoms. The maximum Gasteiger partial charge on any atom is 0.328 e. The van der Waals surface area contributed by atoms with Crippen molar-refractivity contribution in [1.82, 2.24) is 14.7 Å². The smallest absolute Gasteiger partial charge is 0.328 e. The van der Waals surface area contributed by atoms with Gasteiger partial charge in [-0.25, -0.2) is 4.68 Å². The van der Waals surface area contributed by atoms with Crippen molar-refractivity contribution in [2.45, 2.75) is 34.2 Å². The molecule has 1 amide bonds. The van der Waals surface area contributed by atoms with Crippen LogP contribution in [0.5, 0.6) is 0 Å². The highest BCUT2D eigenvalue weighted by Gasteiger charge is 2.18. The molecule has 0 saturated heterocycles. The minimum absolute atomic E-state index is 0.218. The Labute approximate surface area is 163 Å². The molecule has 2 aromatic rings. The van der Waals surface area contributed by atoms with Gasteiger partial charge in [-0.15, -0.1) is 0 Å². The van der Waals surface area contributed by atoms with Gasteiger partial charge < -0.3 is 9.64 Å². The van der Waals surface area contributed by atoms with Crippen LogP contribution in [0.25, 0.3) is 10.8 Å². The number of hydrogen-bond donors (Lipinski definition) is 1. The number of esters is 1. The number of aromatic amines is 1. The first-order valence-electron chi connectivity index (χ1n) is 9.34. The summed E-state index contributed by atoms with van der Waals surface area (Å²) in [4.78, 5) is 50.7. The lowest BCUT2D eigenvalue weighted by atomic mass is 10.1. The van der Waals surface area contributed by atoms with Gasteiger partial charge in [0.1, 0.15) is 6.54 Å². The Morgan fingerprint density at radius 2 is 1.61 bits per heavy atom. The van der Waals surface area contributed by atoms with Gasteiger partial charge in [-0.1, -0.05) is 39.8 Å². The quantitative estimate of drug-likeness (QED) is 0.687. The Morgan fingerprint density at radius 3 is 2.18 bits per heavy atom. The third-order valence-electron chi connectivity index (χ3n) is 4.05. The molecule has 0 unspecified atom stereocenters. The molecule has 0 saturated carbocycles. The second-order valence-electron chi connectivity index (χ2n) is 7.62. The summed E-state index contributed by atoms with van der Waals surface area (Å²) in [5.41, 5.74) is -0.973. The van der Waals surface area contributed by atoms with Crippen molar-refractivity contribution in [2.75, 3.05) is 19.7 Å². The van der Waals surface area contributed by atoms with Gasteiger partial charge in [-0.2, -0.15) is 0 Å². The zero-order valence-corrected chi connectivity index (χ0v) is 16.7. The summed E-state index contributed by atoms with van der Waals surface area (Å²) in [6, 6.07) is 6.35. The van der Waals surface area contributed by atoms with Crippen LogP contribution < -0.4 is 11.1 Å². The Bertz CT molecular complexity index is 948.